The number of aliphatic hydroxyl groups is 2. The van der Waals surface area contributed by atoms with Crippen LogP contribution in [0.2, 0.25) is 0 Å². The summed E-state index contributed by atoms with van der Waals surface area (Å²) < 4.78 is 0. The summed E-state index contributed by atoms with van der Waals surface area (Å²) in [6.45, 7) is 5.42. The van der Waals surface area contributed by atoms with E-state index in [4.69, 9.17) is 10.2 Å². The fraction of sp³-hybridized carbons (Fsp3) is 0.778. The Morgan fingerprint density at radius 1 is 1.36 bits per heavy atom. The first-order valence-corrected chi connectivity index (χ1v) is 4.19. The van der Waals surface area contributed by atoms with Gasteiger partial charge in [0.2, 0.25) is 0 Å². The van der Waals surface area contributed by atoms with Gasteiger partial charge in [0, 0.05) is 0 Å². The third kappa shape index (κ3) is 6.07. The standard InChI is InChI=1S/C9H18O2/c1-3-8(10)6-5-7-9(11)4-2/h3,8-11H,1,4-7H2,2H3. The molecule has 0 aromatic heterocycles. The number of rotatable bonds is 6. The van der Waals surface area contributed by atoms with Crippen LogP contribution in [0, 0.1) is 0 Å². The highest BCUT2D eigenvalue weighted by Crippen LogP contribution is 2.06. The van der Waals surface area contributed by atoms with E-state index >= 15 is 0 Å². The molecule has 2 N–H and O–H groups in total. The Morgan fingerprint density at radius 2 is 2.00 bits per heavy atom. The molecule has 0 aliphatic heterocycles. The van der Waals surface area contributed by atoms with Crippen molar-refractivity contribution in [1.29, 1.82) is 0 Å². The number of hydrogen-bond acceptors (Lipinski definition) is 2. The van der Waals surface area contributed by atoms with Crippen molar-refractivity contribution in [3.63, 3.8) is 0 Å². The quantitative estimate of drug-likeness (QED) is 0.575. The van der Waals surface area contributed by atoms with Crippen LogP contribution in [-0.2, 0) is 0 Å². The molecule has 0 bridgehead atoms. The van der Waals surface area contributed by atoms with Gasteiger partial charge in [-0.25, -0.2) is 0 Å². The Morgan fingerprint density at radius 3 is 2.45 bits per heavy atom. The zero-order valence-electron chi connectivity index (χ0n) is 7.16. The fourth-order valence-electron chi connectivity index (χ4n) is 0.885. The molecule has 0 radical (unpaired) electrons. The lowest BCUT2D eigenvalue weighted by Crippen LogP contribution is -2.07. The van der Waals surface area contributed by atoms with Gasteiger partial charge in [0.15, 0.2) is 0 Å². The molecule has 0 aromatic carbocycles. The van der Waals surface area contributed by atoms with Crippen molar-refractivity contribution in [2.45, 2.75) is 44.8 Å². The molecule has 11 heavy (non-hydrogen) atoms. The van der Waals surface area contributed by atoms with Crippen LogP contribution >= 0.6 is 0 Å². The second-order valence-electron chi connectivity index (χ2n) is 2.80. The van der Waals surface area contributed by atoms with Crippen LogP contribution < -0.4 is 0 Å². The van der Waals surface area contributed by atoms with Crippen molar-refractivity contribution in [1.82, 2.24) is 0 Å². The van der Waals surface area contributed by atoms with Crippen molar-refractivity contribution >= 4 is 0 Å². The molecule has 0 aromatic rings. The molecule has 0 aliphatic rings. The van der Waals surface area contributed by atoms with Crippen molar-refractivity contribution in [3.05, 3.63) is 12.7 Å². The highest BCUT2D eigenvalue weighted by Gasteiger charge is 2.02. The molecule has 0 spiro atoms. The van der Waals surface area contributed by atoms with Crippen LogP contribution in [0.3, 0.4) is 0 Å². The topological polar surface area (TPSA) is 40.5 Å². The molecule has 2 heteroatoms. The average molecular weight is 158 g/mol. The molecule has 2 nitrogen and oxygen atoms in total. The Bertz CT molecular complexity index is 102. The molecular weight excluding hydrogens is 140 g/mol. The lowest BCUT2D eigenvalue weighted by Gasteiger charge is -2.08. The SMILES string of the molecule is C=CC(O)CCCC(O)CC. The van der Waals surface area contributed by atoms with Crippen LogP contribution in [0.4, 0.5) is 0 Å². The fourth-order valence-corrected chi connectivity index (χ4v) is 0.885. The lowest BCUT2D eigenvalue weighted by molar-refractivity contribution is 0.146. The molecule has 0 amide bonds. The van der Waals surface area contributed by atoms with Crippen molar-refractivity contribution in [2.24, 2.45) is 0 Å². The summed E-state index contributed by atoms with van der Waals surface area (Å²) in [4.78, 5) is 0. The van der Waals surface area contributed by atoms with Crippen molar-refractivity contribution in [2.75, 3.05) is 0 Å². The molecule has 0 rings (SSSR count). The summed E-state index contributed by atoms with van der Waals surface area (Å²) in [5, 5.41) is 18.2. The smallest absolute Gasteiger partial charge is 0.0718 e. The molecule has 66 valence electrons. The number of hydrogen-bond donors (Lipinski definition) is 2. The zero-order valence-corrected chi connectivity index (χ0v) is 7.16. The average Bonchev–Trinajstić information content (AvgIpc) is 2.04. The van der Waals surface area contributed by atoms with E-state index in [-0.39, 0.29) is 6.10 Å². The van der Waals surface area contributed by atoms with Crippen LogP contribution in [0.25, 0.3) is 0 Å². The molecular formula is C9H18O2. The molecule has 0 saturated heterocycles. The molecule has 2 atom stereocenters. The number of aliphatic hydroxyl groups excluding tert-OH is 2. The molecule has 0 fully saturated rings. The lowest BCUT2D eigenvalue weighted by atomic mass is 10.1. The van der Waals surface area contributed by atoms with Gasteiger partial charge in [-0.3, -0.25) is 0 Å². The van der Waals surface area contributed by atoms with E-state index in [9.17, 15) is 0 Å². The predicted octanol–water partition coefficient (Wildman–Crippen LogP) is 1.47. The van der Waals surface area contributed by atoms with Gasteiger partial charge in [-0.1, -0.05) is 13.0 Å². The van der Waals surface area contributed by atoms with Gasteiger partial charge in [-0.2, -0.15) is 0 Å². The minimum absolute atomic E-state index is 0.202. The maximum absolute atomic E-state index is 9.14. The van der Waals surface area contributed by atoms with Gasteiger partial charge in [-0.05, 0) is 25.7 Å². The summed E-state index contributed by atoms with van der Waals surface area (Å²) in [6, 6.07) is 0. The van der Waals surface area contributed by atoms with E-state index in [1.165, 1.54) is 6.08 Å². The van der Waals surface area contributed by atoms with E-state index in [0.717, 1.165) is 19.3 Å². The van der Waals surface area contributed by atoms with Gasteiger partial charge in [-0.15, -0.1) is 6.58 Å². The molecule has 0 saturated carbocycles. The van der Waals surface area contributed by atoms with Crippen LogP contribution in [0.1, 0.15) is 32.6 Å². The first-order chi connectivity index (χ1) is 5.20. The van der Waals surface area contributed by atoms with Gasteiger partial charge in [0.1, 0.15) is 0 Å². The van der Waals surface area contributed by atoms with Crippen molar-refractivity contribution in [3.8, 4) is 0 Å². The summed E-state index contributed by atoms with van der Waals surface area (Å²) in [5.41, 5.74) is 0. The first kappa shape index (κ1) is 10.7. The summed E-state index contributed by atoms with van der Waals surface area (Å²) >= 11 is 0. The molecule has 0 heterocycles. The summed E-state index contributed by atoms with van der Waals surface area (Å²) in [7, 11) is 0. The van der Waals surface area contributed by atoms with Crippen LogP contribution in [0.15, 0.2) is 12.7 Å². The van der Waals surface area contributed by atoms with Gasteiger partial charge >= 0.3 is 0 Å². The normalized spacial score (nSPS) is 15.9. The molecule has 2 unspecified atom stereocenters. The Hall–Kier alpha value is -0.340. The largest absolute Gasteiger partial charge is 0.393 e. The summed E-state index contributed by atoms with van der Waals surface area (Å²) in [5.74, 6) is 0. The summed E-state index contributed by atoms with van der Waals surface area (Å²) in [6.07, 6.45) is 4.07. The third-order valence-electron chi connectivity index (χ3n) is 1.78. The maximum atomic E-state index is 9.14. The minimum Gasteiger partial charge on any atom is -0.393 e. The second kappa shape index (κ2) is 6.38. The third-order valence-corrected chi connectivity index (χ3v) is 1.78. The van der Waals surface area contributed by atoms with Gasteiger partial charge in [0.05, 0.1) is 12.2 Å². The van der Waals surface area contributed by atoms with Gasteiger partial charge < -0.3 is 10.2 Å². The Balaban J connectivity index is 3.19. The highest BCUT2D eigenvalue weighted by atomic mass is 16.3. The van der Waals surface area contributed by atoms with E-state index < -0.39 is 6.10 Å². The van der Waals surface area contributed by atoms with Crippen molar-refractivity contribution < 1.29 is 10.2 Å². The predicted molar refractivity (Wildman–Crippen MR) is 46.4 cm³/mol. The maximum Gasteiger partial charge on any atom is 0.0718 e. The molecule has 0 aliphatic carbocycles. The van der Waals surface area contributed by atoms with Gasteiger partial charge in [0.25, 0.3) is 0 Å². The van der Waals surface area contributed by atoms with Crippen LogP contribution in [0.5, 0.6) is 0 Å². The minimum atomic E-state index is -0.404. The zero-order chi connectivity index (χ0) is 8.69. The van der Waals surface area contributed by atoms with E-state index in [1.807, 2.05) is 6.92 Å². The highest BCUT2D eigenvalue weighted by molar-refractivity contribution is 4.77. The monoisotopic (exact) mass is 158 g/mol. The second-order valence-corrected chi connectivity index (χ2v) is 2.80. The van der Waals surface area contributed by atoms with E-state index in [2.05, 4.69) is 6.58 Å². The van der Waals surface area contributed by atoms with Crippen LogP contribution in [-0.4, -0.2) is 22.4 Å². The van der Waals surface area contributed by atoms with E-state index in [1.54, 1.807) is 0 Å². The first-order valence-electron chi connectivity index (χ1n) is 4.19. The Kier molecular flexibility index (Phi) is 6.18. The van der Waals surface area contributed by atoms with E-state index in [0.29, 0.717) is 6.42 Å². The Labute approximate surface area is 68.6 Å².